The fraction of sp³-hybridized carbons (Fsp3) is 0.375. The Kier molecular flexibility index (Phi) is 5.19. The molecule has 162 valence electrons. The highest BCUT2D eigenvalue weighted by atomic mass is 16.5. The van der Waals surface area contributed by atoms with Crippen molar-refractivity contribution in [1.82, 2.24) is 5.32 Å². The summed E-state index contributed by atoms with van der Waals surface area (Å²) in [7, 11) is 0. The number of phenols is 2. The maximum atomic E-state index is 12.8. The third-order valence-electron chi connectivity index (χ3n) is 6.14. The summed E-state index contributed by atoms with van der Waals surface area (Å²) in [4.78, 5) is 15.1. The van der Waals surface area contributed by atoms with E-state index in [1.165, 1.54) is 6.07 Å². The predicted molar refractivity (Wildman–Crippen MR) is 119 cm³/mol. The Morgan fingerprint density at radius 2 is 1.71 bits per heavy atom. The lowest BCUT2D eigenvalue weighted by Crippen LogP contribution is -2.43. The van der Waals surface area contributed by atoms with E-state index in [1.54, 1.807) is 0 Å². The SMILES string of the molecule is O=c1cc(-c2ccc(N3CCNCC3)cc2)oc2c(OC3CCCC3)c(O)cc(O)c12. The van der Waals surface area contributed by atoms with Gasteiger partial charge in [-0.2, -0.15) is 0 Å². The molecule has 31 heavy (non-hydrogen) atoms. The van der Waals surface area contributed by atoms with E-state index in [4.69, 9.17) is 9.15 Å². The van der Waals surface area contributed by atoms with Gasteiger partial charge in [0.15, 0.2) is 16.8 Å². The topological polar surface area (TPSA) is 95.2 Å². The number of hydrogen-bond acceptors (Lipinski definition) is 7. The van der Waals surface area contributed by atoms with Crippen molar-refractivity contribution in [2.75, 3.05) is 31.1 Å². The number of ether oxygens (including phenoxy) is 1. The Labute approximate surface area is 179 Å². The number of piperazine rings is 1. The number of hydrogen-bond donors (Lipinski definition) is 3. The molecule has 5 rings (SSSR count). The van der Waals surface area contributed by atoms with Gasteiger partial charge in [-0.3, -0.25) is 4.79 Å². The van der Waals surface area contributed by atoms with E-state index in [0.717, 1.165) is 69.2 Å². The van der Waals surface area contributed by atoms with E-state index < -0.39 is 0 Å². The van der Waals surface area contributed by atoms with Gasteiger partial charge in [-0.1, -0.05) is 0 Å². The molecule has 0 bridgehead atoms. The Morgan fingerprint density at radius 1 is 1.00 bits per heavy atom. The van der Waals surface area contributed by atoms with Crippen LogP contribution in [0.25, 0.3) is 22.3 Å². The van der Waals surface area contributed by atoms with Crippen molar-refractivity contribution in [1.29, 1.82) is 0 Å². The van der Waals surface area contributed by atoms with E-state index in [9.17, 15) is 15.0 Å². The van der Waals surface area contributed by atoms with Gasteiger partial charge in [0, 0.05) is 49.6 Å². The fourth-order valence-corrected chi connectivity index (χ4v) is 4.47. The quantitative estimate of drug-likeness (QED) is 0.591. The van der Waals surface area contributed by atoms with Crippen LogP contribution in [-0.2, 0) is 0 Å². The summed E-state index contributed by atoms with van der Waals surface area (Å²) in [5.41, 5.74) is 1.57. The molecule has 0 unspecified atom stereocenters. The van der Waals surface area contributed by atoms with Crippen molar-refractivity contribution in [3.05, 3.63) is 46.6 Å². The van der Waals surface area contributed by atoms with Crippen LogP contribution in [0.2, 0.25) is 0 Å². The maximum absolute atomic E-state index is 12.8. The average molecular weight is 422 g/mol. The summed E-state index contributed by atoms with van der Waals surface area (Å²) in [5, 5.41) is 24.1. The summed E-state index contributed by atoms with van der Waals surface area (Å²) < 4.78 is 12.1. The van der Waals surface area contributed by atoms with Gasteiger partial charge in [-0.05, 0) is 49.9 Å². The van der Waals surface area contributed by atoms with Gasteiger partial charge in [0.25, 0.3) is 0 Å². The first-order valence-electron chi connectivity index (χ1n) is 10.9. The van der Waals surface area contributed by atoms with E-state index in [1.807, 2.05) is 24.3 Å². The van der Waals surface area contributed by atoms with Crippen LogP contribution < -0.4 is 20.4 Å². The molecule has 0 atom stereocenters. The second-order valence-corrected chi connectivity index (χ2v) is 8.23. The van der Waals surface area contributed by atoms with Crippen molar-refractivity contribution >= 4 is 16.7 Å². The molecule has 0 spiro atoms. The van der Waals surface area contributed by atoms with Crippen molar-refractivity contribution in [3.63, 3.8) is 0 Å². The Balaban J connectivity index is 1.55. The van der Waals surface area contributed by atoms with E-state index in [2.05, 4.69) is 10.2 Å². The molecule has 1 saturated heterocycles. The molecular weight excluding hydrogens is 396 g/mol. The normalized spacial score (nSPS) is 17.4. The molecule has 1 aliphatic carbocycles. The predicted octanol–water partition coefficient (Wildman–Crippen LogP) is 3.60. The van der Waals surface area contributed by atoms with Gasteiger partial charge < -0.3 is 29.6 Å². The zero-order chi connectivity index (χ0) is 21.4. The van der Waals surface area contributed by atoms with Gasteiger partial charge in [0.1, 0.15) is 16.9 Å². The van der Waals surface area contributed by atoms with Gasteiger partial charge in [-0.25, -0.2) is 0 Å². The number of nitrogens with zero attached hydrogens (tertiary/aromatic N) is 1. The molecule has 1 saturated carbocycles. The second-order valence-electron chi connectivity index (χ2n) is 8.23. The summed E-state index contributed by atoms with van der Waals surface area (Å²) in [6.07, 6.45) is 3.87. The largest absolute Gasteiger partial charge is 0.507 e. The number of fused-ring (bicyclic) bond motifs is 1. The molecule has 0 radical (unpaired) electrons. The smallest absolute Gasteiger partial charge is 0.205 e. The molecule has 3 N–H and O–H groups in total. The zero-order valence-electron chi connectivity index (χ0n) is 17.3. The third kappa shape index (κ3) is 3.81. The molecular formula is C24H26N2O5. The van der Waals surface area contributed by atoms with Crippen molar-refractivity contribution < 1.29 is 19.4 Å². The number of aromatic hydroxyl groups is 2. The lowest BCUT2D eigenvalue weighted by Gasteiger charge is -2.29. The summed E-state index contributed by atoms with van der Waals surface area (Å²) in [6, 6.07) is 10.4. The molecule has 2 aromatic carbocycles. The summed E-state index contributed by atoms with van der Waals surface area (Å²) in [6.45, 7) is 3.81. The highest BCUT2D eigenvalue weighted by Gasteiger charge is 2.24. The minimum Gasteiger partial charge on any atom is -0.507 e. The van der Waals surface area contributed by atoms with E-state index in [-0.39, 0.29) is 39.8 Å². The average Bonchev–Trinajstić information content (AvgIpc) is 3.30. The molecule has 1 aromatic heterocycles. The van der Waals surface area contributed by atoms with Crippen molar-refractivity contribution in [3.8, 4) is 28.6 Å². The minimum atomic E-state index is -0.379. The number of phenolic OH excluding ortho intramolecular Hbond substituents is 2. The summed E-state index contributed by atoms with van der Waals surface area (Å²) >= 11 is 0. The second kappa shape index (κ2) is 8.15. The lowest BCUT2D eigenvalue weighted by atomic mass is 10.1. The van der Waals surface area contributed by atoms with Crippen LogP contribution in [0.4, 0.5) is 5.69 Å². The highest BCUT2D eigenvalue weighted by Crippen LogP contribution is 2.42. The molecule has 2 fully saturated rings. The van der Waals surface area contributed by atoms with Crippen molar-refractivity contribution in [2.24, 2.45) is 0 Å². The Hall–Kier alpha value is -3.19. The monoisotopic (exact) mass is 422 g/mol. The standard InChI is InChI=1S/C24H26N2O5/c27-18-13-20(29)23(30-17-3-1-2-4-17)24-22(18)19(28)14-21(31-24)15-5-7-16(8-6-15)26-11-9-25-10-12-26/h5-8,13-14,17,25,27,29H,1-4,9-12H2. The minimum absolute atomic E-state index is 0.0204. The lowest BCUT2D eigenvalue weighted by molar-refractivity contribution is 0.201. The van der Waals surface area contributed by atoms with Crippen LogP contribution in [0, 0.1) is 0 Å². The molecule has 0 amide bonds. The number of anilines is 1. The van der Waals surface area contributed by atoms with Gasteiger partial charge >= 0.3 is 0 Å². The fourth-order valence-electron chi connectivity index (χ4n) is 4.47. The molecule has 2 heterocycles. The Bertz CT molecular complexity index is 1140. The van der Waals surface area contributed by atoms with Gasteiger partial charge in [0.2, 0.25) is 5.75 Å². The van der Waals surface area contributed by atoms with Crippen molar-refractivity contribution in [2.45, 2.75) is 31.8 Å². The Morgan fingerprint density at radius 3 is 2.42 bits per heavy atom. The summed E-state index contributed by atoms with van der Waals surface area (Å²) in [5.74, 6) is -0.0615. The first-order valence-corrected chi connectivity index (χ1v) is 10.9. The molecule has 7 heteroatoms. The van der Waals surface area contributed by atoms with Crippen LogP contribution in [0.1, 0.15) is 25.7 Å². The first-order chi connectivity index (χ1) is 15.1. The molecule has 1 aliphatic heterocycles. The maximum Gasteiger partial charge on any atom is 0.205 e. The van der Waals surface area contributed by atoms with Gasteiger partial charge in [-0.15, -0.1) is 0 Å². The van der Waals surface area contributed by atoms with Crippen LogP contribution in [0.3, 0.4) is 0 Å². The number of benzene rings is 2. The molecule has 2 aliphatic rings. The number of rotatable bonds is 4. The van der Waals surface area contributed by atoms with E-state index >= 15 is 0 Å². The highest BCUT2D eigenvalue weighted by molar-refractivity contribution is 5.91. The van der Waals surface area contributed by atoms with Crippen LogP contribution in [0.5, 0.6) is 17.2 Å². The molecule has 7 nitrogen and oxygen atoms in total. The first kappa shape index (κ1) is 19.8. The third-order valence-corrected chi connectivity index (χ3v) is 6.14. The molecule has 3 aromatic rings. The number of nitrogens with one attached hydrogen (secondary N) is 1. The van der Waals surface area contributed by atoms with Crippen LogP contribution in [-0.4, -0.2) is 42.5 Å². The van der Waals surface area contributed by atoms with Crippen LogP contribution in [0.15, 0.2) is 45.6 Å². The van der Waals surface area contributed by atoms with Crippen LogP contribution >= 0.6 is 0 Å². The zero-order valence-corrected chi connectivity index (χ0v) is 17.3. The van der Waals surface area contributed by atoms with Gasteiger partial charge in [0.05, 0.1) is 6.10 Å². The van der Waals surface area contributed by atoms with E-state index in [0.29, 0.717) is 5.76 Å².